The number of nitrogens with zero attached hydrogens (tertiary/aromatic N) is 2. The molecular weight excluding hydrogens is 626 g/mol. The van der Waals surface area contributed by atoms with Crippen LogP contribution < -0.4 is 9.46 Å². The van der Waals surface area contributed by atoms with Crippen LogP contribution in [0.15, 0.2) is 109 Å². The van der Waals surface area contributed by atoms with Crippen molar-refractivity contribution in [1.29, 1.82) is 0 Å². The predicted octanol–water partition coefficient (Wildman–Crippen LogP) is 5.51. The summed E-state index contributed by atoms with van der Waals surface area (Å²) >= 11 is 6.17. The summed E-state index contributed by atoms with van der Waals surface area (Å²) in [5.41, 5.74) is 3.38. The van der Waals surface area contributed by atoms with E-state index in [-0.39, 0.29) is 18.2 Å². The molecule has 9 nitrogen and oxygen atoms in total. The van der Waals surface area contributed by atoms with Crippen molar-refractivity contribution in [3.63, 3.8) is 0 Å². The molecule has 1 aromatic heterocycles. The second-order valence-corrected chi connectivity index (χ2v) is 13.2. The number of halogens is 1. The number of amides is 1. The van der Waals surface area contributed by atoms with E-state index in [1.54, 1.807) is 30.5 Å². The quantitative estimate of drug-likeness (QED) is 0.151. The van der Waals surface area contributed by atoms with Crippen molar-refractivity contribution >= 4 is 38.4 Å². The average molecular weight is 660 g/mol. The van der Waals surface area contributed by atoms with Gasteiger partial charge in [-0.2, -0.15) is 0 Å². The molecule has 5 rings (SSSR count). The number of sulfonamides is 1. The molecule has 0 fully saturated rings. The smallest absolute Gasteiger partial charge is 0.264 e. The Labute approximate surface area is 273 Å². The number of ether oxygens (including phenoxy) is 1. The number of aliphatic hydroxyl groups is 2. The van der Waals surface area contributed by atoms with Gasteiger partial charge in [0.15, 0.2) is 0 Å². The van der Waals surface area contributed by atoms with Gasteiger partial charge in [0.2, 0.25) is 10.0 Å². The summed E-state index contributed by atoms with van der Waals surface area (Å²) in [5, 5.41) is 22.8. The molecule has 0 radical (unpaired) electrons. The van der Waals surface area contributed by atoms with Crippen LogP contribution in [0.1, 0.15) is 33.2 Å². The fourth-order valence-corrected chi connectivity index (χ4v) is 5.84. The summed E-state index contributed by atoms with van der Waals surface area (Å²) in [6.45, 7) is 0.729. The van der Waals surface area contributed by atoms with Gasteiger partial charge in [-0.05, 0) is 71.6 Å². The van der Waals surface area contributed by atoms with Crippen molar-refractivity contribution in [3.05, 3.63) is 137 Å². The number of fused-ring (bicyclic) bond motifs is 1. The maximum Gasteiger partial charge on any atom is 0.264 e. The van der Waals surface area contributed by atoms with Gasteiger partial charge in [-0.25, -0.2) is 13.1 Å². The molecule has 0 unspecified atom stereocenters. The third-order valence-electron chi connectivity index (χ3n) is 7.46. The van der Waals surface area contributed by atoms with Crippen LogP contribution >= 0.6 is 11.6 Å². The van der Waals surface area contributed by atoms with Crippen molar-refractivity contribution in [2.24, 2.45) is 0 Å². The molecule has 3 N–H and O–H groups in total. The lowest BCUT2D eigenvalue weighted by molar-refractivity contribution is 0.0566. The van der Waals surface area contributed by atoms with Crippen LogP contribution in [-0.2, 0) is 23.0 Å². The zero-order chi connectivity index (χ0) is 32.7. The molecule has 0 spiro atoms. The Morgan fingerprint density at radius 3 is 2.41 bits per heavy atom. The topological polar surface area (TPSA) is 129 Å². The van der Waals surface area contributed by atoms with Gasteiger partial charge >= 0.3 is 0 Å². The summed E-state index contributed by atoms with van der Waals surface area (Å²) in [6.07, 6.45) is 2.20. The molecule has 0 saturated heterocycles. The number of aliphatic hydroxyl groups excluding tert-OH is 2. The summed E-state index contributed by atoms with van der Waals surface area (Å²) < 4.78 is 31.0. The van der Waals surface area contributed by atoms with E-state index in [0.717, 1.165) is 17.4 Å². The zero-order valence-corrected chi connectivity index (χ0v) is 26.7. The average Bonchev–Trinajstić information content (AvgIpc) is 3.03. The minimum Gasteiger partial charge on any atom is -0.457 e. The van der Waals surface area contributed by atoms with E-state index in [1.807, 2.05) is 71.5 Å². The molecular formula is C35H34ClN3O6S. The number of carbonyl (C=O) groups excluding carboxylic acids is 1. The van der Waals surface area contributed by atoms with E-state index >= 15 is 0 Å². The summed E-state index contributed by atoms with van der Waals surface area (Å²) in [6, 6.07) is 30.7. The number of hydrogen-bond donors (Lipinski definition) is 3. The lowest BCUT2D eigenvalue weighted by Gasteiger charge is -2.32. The SMILES string of the molecule is CS(=O)(=O)NC(=O)c1ccc2c(Oc3ccc(C[C@@H](CO)N(Cc4ccccc4)C[C@H](O)c4cccc(Cl)c4)cc3)ccnc2c1. The van der Waals surface area contributed by atoms with Gasteiger partial charge in [0.05, 0.1) is 24.5 Å². The van der Waals surface area contributed by atoms with E-state index in [0.29, 0.717) is 52.5 Å². The molecule has 4 aromatic carbocycles. The van der Waals surface area contributed by atoms with Crippen molar-refractivity contribution < 1.29 is 28.2 Å². The molecule has 238 valence electrons. The Kier molecular flexibility index (Phi) is 10.7. The van der Waals surface area contributed by atoms with E-state index in [1.165, 1.54) is 12.1 Å². The Balaban J connectivity index is 1.31. The molecule has 2 atom stereocenters. The molecule has 0 aliphatic heterocycles. The number of rotatable bonds is 13. The number of benzene rings is 4. The summed E-state index contributed by atoms with van der Waals surface area (Å²) in [7, 11) is -3.70. The number of aromatic nitrogens is 1. The van der Waals surface area contributed by atoms with Crippen molar-refractivity contribution in [3.8, 4) is 11.5 Å². The molecule has 0 aliphatic rings. The van der Waals surface area contributed by atoms with Gasteiger partial charge < -0.3 is 14.9 Å². The maximum absolute atomic E-state index is 12.3. The van der Waals surface area contributed by atoms with Gasteiger partial charge in [0.1, 0.15) is 11.5 Å². The van der Waals surface area contributed by atoms with E-state index in [9.17, 15) is 23.4 Å². The number of hydrogen-bond acceptors (Lipinski definition) is 8. The van der Waals surface area contributed by atoms with Crippen LogP contribution in [0.4, 0.5) is 0 Å². The Morgan fingerprint density at radius 1 is 0.957 bits per heavy atom. The molecule has 5 aromatic rings. The highest BCUT2D eigenvalue weighted by atomic mass is 35.5. The zero-order valence-electron chi connectivity index (χ0n) is 25.1. The van der Waals surface area contributed by atoms with E-state index in [4.69, 9.17) is 16.3 Å². The normalized spacial score (nSPS) is 13.0. The van der Waals surface area contributed by atoms with Crippen LogP contribution in [0.25, 0.3) is 10.9 Å². The maximum atomic E-state index is 12.3. The van der Waals surface area contributed by atoms with Crippen LogP contribution in [0, 0.1) is 0 Å². The number of carbonyl (C=O) groups is 1. The van der Waals surface area contributed by atoms with Crippen molar-refractivity contribution in [2.45, 2.75) is 25.1 Å². The first-order valence-electron chi connectivity index (χ1n) is 14.6. The predicted molar refractivity (Wildman–Crippen MR) is 178 cm³/mol. The minimum atomic E-state index is -3.70. The van der Waals surface area contributed by atoms with E-state index < -0.39 is 22.0 Å². The molecule has 1 amide bonds. The van der Waals surface area contributed by atoms with Gasteiger partial charge in [-0.1, -0.05) is 66.2 Å². The fourth-order valence-electron chi connectivity index (χ4n) is 5.18. The molecule has 0 aliphatic carbocycles. The lowest BCUT2D eigenvalue weighted by atomic mass is 10.0. The lowest BCUT2D eigenvalue weighted by Crippen LogP contribution is -2.41. The highest BCUT2D eigenvalue weighted by Crippen LogP contribution is 2.30. The Bertz CT molecular complexity index is 1910. The third kappa shape index (κ3) is 8.90. The number of nitrogens with one attached hydrogen (secondary N) is 1. The standard InChI is InChI=1S/C35H34ClN3O6S/c1-46(43,44)38-35(42)27-12-15-31-32(20-27)37-17-16-34(31)45-30-13-10-24(11-14-30)18-29(23-40)39(21-25-6-3-2-4-7-25)22-33(41)26-8-5-9-28(36)19-26/h2-17,19-20,29,33,40-41H,18,21-23H2,1H3,(H,38,42)/t29-,33-/m0/s1. The number of pyridine rings is 1. The third-order valence-corrected chi connectivity index (χ3v) is 8.25. The second kappa shape index (κ2) is 14.8. The molecule has 11 heteroatoms. The molecule has 46 heavy (non-hydrogen) atoms. The van der Waals surface area contributed by atoms with Crippen molar-refractivity contribution in [2.75, 3.05) is 19.4 Å². The van der Waals surface area contributed by atoms with Crippen molar-refractivity contribution in [1.82, 2.24) is 14.6 Å². The largest absolute Gasteiger partial charge is 0.457 e. The van der Waals surface area contributed by atoms with Crippen LogP contribution in [0.5, 0.6) is 11.5 Å². The van der Waals surface area contributed by atoms with Gasteiger partial charge in [-0.15, -0.1) is 0 Å². The first-order valence-corrected chi connectivity index (χ1v) is 16.8. The summed E-state index contributed by atoms with van der Waals surface area (Å²) in [4.78, 5) is 18.7. The molecule has 0 bridgehead atoms. The van der Waals surface area contributed by atoms with Crippen LogP contribution in [0.3, 0.4) is 0 Å². The first kappa shape index (κ1) is 33.1. The highest BCUT2D eigenvalue weighted by molar-refractivity contribution is 7.89. The first-order chi connectivity index (χ1) is 22.1. The van der Waals surface area contributed by atoms with Gasteiger partial charge in [0, 0.05) is 41.3 Å². The fraction of sp³-hybridized carbons (Fsp3) is 0.200. The van der Waals surface area contributed by atoms with Crippen LogP contribution in [-0.4, -0.2) is 59.9 Å². The summed E-state index contributed by atoms with van der Waals surface area (Å²) in [5.74, 6) is 0.355. The Morgan fingerprint density at radius 2 is 1.72 bits per heavy atom. The van der Waals surface area contributed by atoms with Gasteiger partial charge in [0.25, 0.3) is 5.91 Å². The Hall–Kier alpha value is -4.32. The second-order valence-electron chi connectivity index (χ2n) is 11.0. The minimum absolute atomic E-state index is 0.111. The molecule has 0 saturated carbocycles. The monoisotopic (exact) mass is 659 g/mol. The molecule has 1 heterocycles. The van der Waals surface area contributed by atoms with Gasteiger partial charge in [-0.3, -0.25) is 14.7 Å². The van der Waals surface area contributed by atoms with E-state index in [2.05, 4.69) is 9.88 Å². The highest BCUT2D eigenvalue weighted by Gasteiger charge is 2.23. The van der Waals surface area contributed by atoms with Crippen LogP contribution in [0.2, 0.25) is 5.02 Å².